The molecule has 0 saturated carbocycles. The highest BCUT2D eigenvalue weighted by molar-refractivity contribution is 5.85. The molecule has 1 aliphatic rings. The zero-order chi connectivity index (χ0) is 13.2. The highest BCUT2D eigenvalue weighted by Gasteiger charge is 2.27. The maximum absolute atomic E-state index is 11.8. The van der Waals surface area contributed by atoms with Crippen LogP contribution in [0.1, 0.15) is 25.0 Å². The van der Waals surface area contributed by atoms with Gasteiger partial charge in [0.1, 0.15) is 0 Å². The normalized spacial score (nSPS) is 15.3. The Hall–Kier alpha value is -1.06. The predicted octanol–water partition coefficient (Wildman–Crippen LogP) is 2.03. The number of halogens is 1. The fourth-order valence-electron chi connectivity index (χ4n) is 2.03. The summed E-state index contributed by atoms with van der Waals surface area (Å²) < 4.78 is 0. The Morgan fingerprint density at radius 1 is 1.32 bits per heavy atom. The van der Waals surface area contributed by atoms with Crippen molar-refractivity contribution in [1.29, 1.82) is 0 Å². The third-order valence-corrected chi connectivity index (χ3v) is 3.69. The van der Waals surface area contributed by atoms with Gasteiger partial charge in [-0.1, -0.05) is 43.7 Å². The topological polar surface area (TPSA) is 41.1 Å². The van der Waals surface area contributed by atoms with E-state index >= 15 is 0 Å². The van der Waals surface area contributed by atoms with Gasteiger partial charge in [-0.15, -0.1) is 12.4 Å². The monoisotopic (exact) mass is 282 g/mol. The molecular formula is C15H23ClN2O. The second kappa shape index (κ2) is 6.40. The standard InChI is InChI=1S/C15H22N2O.ClH/c1-11-4-6-13(7-5-11)15(2,3)10-17-14(18)12-8-16-9-12;/h4-7,12,16H,8-10H2,1-3H3,(H,17,18);1H. The molecule has 3 nitrogen and oxygen atoms in total. The van der Waals surface area contributed by atoms with E-state index in [4.69, 9.17) is 0 Å². The van der Waals surface area contributed by atoms with Crippen molar-refractivity contribution in [3.8, 4) is 0 Å². The Labute approximate surface area is 121 Å². The summed E-state index contributed by atoms with van der Waals surface area (Å²) in [6.07, 6.45) is 0. The van der Waals surface area contributed by atoms with Crippen LogP contribution < -0.4 is 10.6 Å². The van der Waals surface area contributed by atoms with Crippen molar-refractivity contribution in [3.63, 3.8) is 0 Å². The van der Waals surface area contributed by atoms with E-state index in [1.807, 2.05) is 0 Å². The summed E-state index contributed by atoms with van der Waals surface area (Å²) in [5.74, 6) is 0.341. The zero-order valence-corrected chi connectivity index (χ0v) is 12.6. The van der Waals surface area contributed by atoms with Crippen LogP contribution in [0.25, 0.3) is 0 Å². The number of rotatable bonds is 4. The molecule has 1 fully saturated rings. The molecule has 0 bridgehead atoms. The fourth-order valence-corrected chi connectivity index (χ4v) is 2.03. The van der Waals surface area contributed by atoms with E-state index in [9.17, 15) is 4.79 Å². The first-order valence-electron chi connectivity index (χ1n) is 6.54. The van der Waals surface area contributed by atoms with Gasteiger partial charge < -0.3 is 10.6 Å². The molecule has 1 heterocycles. The van der Waals surface area contributed by atoms with Crippen molar-refractivity contribution in [3.05, 3.63) is 35.4 Å². The maximum Gasteiger partial charge on any atom is 0.225 e. The summed E-state index contributed by atoms with van der Waals surface area (Å²) in [6.45, 7) is 8.73. The Kier molecular flexibility index (Phi) is 5.39. The molecule has 1 amide bonds. The van der Waals surface area contributed by atoms with Crippen LogP contribution in [0.15, 0.2) is 24.3 Å². The summed E-state index contributed by atoms with van der Waals surface area (Å²) in [6, 6.07) is 8.53. The van der Waals surface area contributed by atoms with E-state index in [0.29, 0.717) is 6.54 Å². The van der Waals surface area contributed by atoms with Crippen molar-refractivity contribution < 1.29 is 4.79 Å². The molecule has 0 unspecified atom stereocenters. The van der Waals surface area contributed by atoms with Gasteiger partial charge in [0.25, 0.3) is 0 Å². The average Bonchev–Trinajstić information content (AvgIpc) is 2.25. The Bertz CT molecular complexity index is 424. The first-order chi connectivity index (χ1) is 8.49. The summed E-state index contributed by atoms with van der Waals surface area (Å²) in [4.78, 5) is 11.8. The Morgan fingerprint density at radius 3 is 2.37 bits per heavy atom. The first-order valence-corrected chi connectivity index (χ1v) is 6.54. The van der Waals surface area contributed by atoms with E-state index < -0.39 is 0 Å². The molecule has 106 valence electrons. The van der Waals surface area contributed by atoms with Crippen molar-refractivity contribution >= 4 is 18.3 Å². The quantitative estimate of drug-likeness (QED) is 0.887. The van der Waals surface area contributed by atoms with Gasteiger partial charge in [-0.2, -0.15) is 0 Å². The number of hydrogen-bond donors (Lipinski definition) is 2. The summed E-state index contributed by atoms with van der Waals surface area (Å²) in [5, 5.41) is 6.18. The average molecular weight is 283 g/mol. The molecule has 0 aliphatic carbocycles. The molecule has 1 saturated heterocycles. The molecule has 2 rings (SSSR count). The SMILES string of the molecule is Cc1ccc(C(C)(C)CNC(=O)C2CNC2)cc1.Cl. The van der Waals surface area contributed by atoms with Crippen LogP contribution in [-0.4, -0.2) is 25.5 Å². The number of carbonyl (C=O) groups excluding carboxylic acids is 1. The molecular weight excluding hydrogens is 260 g/mol. The minimum atomic E-state index is -0.0272. The van der Waals surface area contributed by atoms with E-state index in [0.717, 1.165) is 13.1 Å². The van der Waals surface area contributed by atoms with Crippen molar-refractivity contribution in [1.82, 2.24) is 10.6 Å². The van der Waals surface area contributed by atoms with Gasteiger partial charge >= 0.3 is 0 Å². The third kappa shape index (κ3) is 3.95. The smallest absolute Gasteiger partial charge is 0.225 e. The number of hydrogen-bond acceptors (Lipinski definition) is 2. The minimum Gasteiger partial charge on any atom is -0.355 e. The van der Waals surface area contributed by atoms with Gasteiger partial charge in [0, 0.05) is 25.0 Å². The van der Waals surface area contributed by atoms with Crippen molar-refractivity contribution in [2.75, 3.05) is 19.6 Å². The highest BCUT2D eigenvalue weighted by atomic mass is 35.5. The molecule has 2 N–H and O–H groups in total. The summed E-state index contributed by atoms with van der Waals surface area (Å²) in [7, 11) is 0. The van der Waals surface area contributed by atoms with Crippen LogP contribution in [-0.2, 0) is 10.2 Å². The van der Waals surface area contributed by atoms with Crippen LogP contribution in [0.3, 0.4) is 0 Å². The lowest BCUT2D eigenvalue weighted by Crippen LogP contribution is -2.52. The molecule has 1 aromatic rings. The predicted molar refractivity (Wildman–Crippen MR) is 80.8 cm³/mol. The number of benzene rings is 1. The first kappa shape index (κ1) is 16.0. The molecule has 0 atom stereocenters. The zero-order valence-electron chi connectivity index (χ0n) is 11.8. The van der Waals surface area contributed by atoms with Crippen LogP contribution in [0.5, 0.6) is 0 Å². The van der Waals surface area contributed by atoms with Gasteiger partial charge in [-0.3, -0.25) is 4.79 Å². The lowest BCUT2D eigenvalue weighted by atomic mass is 9.84. The summed E-state index contributed by atoms with van der Waals surface area (Å²) >= 11 is 0. The van der Waals surface area contributed by atoms with Crippen molar-refractivity contribution in [2.24, 2.45) is 5.92 Å². The van der Waals surface area contributed by atoms with Gasteiger partial charge in [0.05, 0.1) is 5.92 Å². The highest BCUT2D eigenvalue weighted by Crippen LogP contribution is 2.22. The van der Waals surface area contributed by atoms with E-state index in [1.54, 1.807) is 0 Å². The largest absolute Gasteiger partial charge is 0.355 e. The van der Waals surface area contributed by atoms with Crippen molar-refractivity contribution in [2.45, 2.75) is 26.2 Å². The van der Waals surface area contributed by atoms with Gasteiger partial charge in [-0.05, 0) is 12.5 Å². The van der Waals surface area contributed by atoms with E-state index in [1.165, 1.54) is 11.1 Å². The van der Waals surface area contributed by atoms with Gasteiger partial charge in [0.15, 0.2) is 0 Å². The van der Waals surface area contributed by atoms with Gasteiger partial charge in [-0.25, -0.2) is 0 Å². The molecule has 0 aromatic heterocycles. The van der Waals surface area contributed by atoms with E-state index in [-0.39, 0.29) is 29.6 Å². The number of nitrogens with one attached hydrogen (secondary N) is 2. The lowest BCUT2D eigenvalue weighted by molar-refractivity contribution is -0.126. The molecule has 4 heteroatoms. The molecule has 0 spiro atoms. The number of amides is 1. The molecule has 0 radical (unpaired) electrons. The Morgan fingerprint density at radius 2 is 1.89 bits per heavy atom. The minimum absolute atomic E-state index is 0. The van der Waals surface area contributed by atoms with Crippen LogP contribution in [0.2, 0.25) is 0 Å². The molecule has 1 aromatic carbocycles. The lowest BCUT2D eigenvalue weighted by Gasteiger charge is -2.30. The fraction of sp³-hybridized carbons (Fsp3) is 0.533. The number of carbonyl (C=O) groups is 1. The number of aryl methyl sites for hydroxylation is 1. The van der Waals surface area contributed by atoms with Crippen LogP contribution in [0.4, 0.5) is 0 Å². The molecule has 19 heavy (non-hydrogen) atoms. The third-order valence-electron chi connectivity index (χ3n) is 3.69. The summed E-state index contributed by atoms with van der Waals surface area (Å²) in [5.41, 5.74) is 2.50. The second-order valence-electron chi connectivity index (χ2n) is 5.82. The second-order valence-corrected chi connectivity index (χ2v) is 5.82. The van der Waals surface area contributed by atoms with Crippen LogP contribution in [0, 0.1) is 12.8 Å². The van der Waals surface area contributed by atoms with E-state index in [2.05, 4.69) is 55.7 Å². The Balaban J connectivity index is 0.00000180. The van der Waals surface area contributed by atoms with Gasteiger partial charge in [0.2, 0.25) is 5.91 Å². The van der Waals surface area contributed by atoms with Crippen LogP contribution >= 0.6 is 12.4 Å². The maximum atomic E-state index is 11.8. The molecule has 1 aliphatic heterocycles.